The molecule has 8 nitrogen and oxygen atoms in total. The molecule has 3 rings (SSSR count). The van der Waals surface area contributed by atoms with Crippen LogP contribution in [0.3, 0.4) is 0 Å². The number of aryl methyl sites for hydroxylation is 2. The molecule has 2 aromatic carbocycles. The molecule has 1 N–H and O–H groups in total. The number of hydrogen-bond acceptors (Lipinski definition) is 5. The summed E-state index contributed by atoms with van der Waals surface area (Å²) in [5, 5.41) is 3.14. The van der Waals surface area contributed by atoms with Gasteiger partial charge >= 0.3 is 0 Å². The smallest absolute Gasteiger partial charge is 0.242 e. The average molecular weight is 558 g/mol. The van der Waals surface area contributed by atoms with E-state index >= 15 is 0 Å². The Morgan fingerprint density at radius 2 is 1.72 bits per heavy atom. The molecule has 0 saturated heterocycles. The van der Waals surface area contributed by atoms with Gasteiger partial charge in [0.05, 0.1) is 19.1 Å². The normalized spacial score (nSPS) is 14.9. The summed E-state index contributed by atoms with van der Waals surface area (Å²) in [6.45, 7) is 6.03. The molecule has 0 radical (unpaired) electrons. The fourth-order valence-electron chi connectivity index (χ4n) is 5.22. The number of rotatable bonds is 12. The molecule has 1 aliphatic carbocycles. The average Bonchev–Trinajstić information content (AvgIpc) is 2.88. The van der Waals surface area contributed by atoms with E-state index in [1.54, 1.807) is 18.9 Å². The van der Waals surface area contributed by atoms with E-state index in [1.807, 2.05) is 56.3 Å². The zero-order valence-corrected chi connectivity index (χ0v) is 24.7. The topological polar surface area (TPSA) is 96.0 Å². The highest BCUT2D eigenvalue weighted by Crippen LogP contribution is 2.23. The zero-order chi connectivity index (χ0) is 28.6. The number of methoxy groups -OCH3 is 1. The zero-order valence-electron chi connectivity index (χ0n) is 23.9. The largest absolute Gasteiger partial charge is 0.497 e. The van der Waals surface area contributed by atoms with Crippen LogP contribution in [0.15, 0.2) is 42.5 Å². The van der Waals surface area contributed by atoms with Crippen LogP contribution in [0.4, 0.5) is 5.69 Å². The first kappa shape index (κ1) is 30.5. The molecular formula is C30H43N3O5S. The third-order valence-electron chi connectivity index (χ3n) is 7.25. The molecule has 0 bridgehead atoms. The SMILES string of the molecule is COc1cccc(CN(C(=O)CCCN(c2cc(C)cc(C)c2)S(C)(=O)=O)[C@@H](C)C(=O)NC2CCCCC2)c1. The maximum absolute atomic E-state index is 13.6. The summed E-state index contributed by atoms with van der Waals surface area (Å²) in [5.74, 6) is 0.320. The molecule has 0 heterocycles. The van der Waals surface area contributed by atoms with E-state index in [0.717, 1.165) is 42.4 Å². The summed E-state index contributed by atoms with van der Waals surface area (Å²) in [7, 11) is -1.95. The minimum absolute atomic E-state index is 0.113. The van der Waals surface area contributed by atoms with Crippen molar-refractivity contribution in [3.63, 3.8) is 0 Å². The summed E-state index contributed by atoms with van der Waals surface area (Å²) < 4.78 is 31.9. The Morgan fingerprint density at radius 1 is 1.05 bits per heavy atom. The van der Waals surface area contributed by atoms with Gasteiger partial charge in [-0.2, -0.15) is 0 Å². The predicted octanol–water partition coefficient (Wildman–Crippen LogP) is 4.72. The van der Waals surface area contributed by atoms with Crippen molar-refractivity contribution in [1.82, 2.24) is 10.2 Å². The quantitative estimate of drug-likeness (QED) is 0.407. The maximum atomic E-state index is 13.6. The first-order chi connectivity index (χ1) is 18.5. The van der Waals surface area contributed by atoms with E-state index in [1.165, 1.54) is 17.0 Å². The van der Waals surface area contributed by atoms with Crippen molar-refractivity contribution in [2.45, 2.75) is 84.3 Å². The van der Waals surface area contributed by atoms with Crippen molar-refractivity contribution in [2.24, 2.45) is 0 Å². The second-order valence-electron chi connectivity index (χ2n) is 10.7. The van der Waals surface area contributed by atoms with Gasteiger partial charge in [-0.3, -0.25) is 13.9 Å². The van der Waals surface area contributed by atoms with E-state index in [9.17, 15) is 18.0 Å². The monoisotopic (exact) mass is 557 g/mol. The lowest BCUT2D eigenvalue weighted by molar-refractivity contribution is -0.141. The van der Waals surface area contributed by atoms with Crippen molar-refractivity contribution in [1.29, 1.82) is 0 Å². The van der Waals surface area contributed by atoms with E-state index in [-0.39, 0.29) is 37.4 Å². The van der Waals surface area contributed by atoms with Gasteiger partial charge in [0.2, 0.25) is 21.8 Å². The van der Waals surface area contributed by atoms with Crippen LogP contribution in [0.1, 0.15) is 68.6 Å². The van der Waals surface area contributed by atoms with Gasteiger partial charge in [-0.05, 0) is 81.0 Å². The molecule has 1 saturated carbocycles. The van der Waals surface area contributed by atoms with Crippen LogP contribution < -0.4 is 14.4 Å². The maximum Gasteiger partial charge on any atom is 0.242 e. The Kier molecular flexibility index (Phi) is 10.8. The number of amides is 2. The van der Waals surface area contributed by atoms with Gasteiger partial charge in [-0.25, -0.2) is 8.42 Å². The molecular weight excluding hydrogens is 514 g/mol. The van der Waals surface area contributed by atoms with Gasteiger partial charge < -0.3 is 15.0 Å². The fourth-order valence-corrected chi connectivity index (χ4v) is 6.17. The number of carbonyl (C=O) groups is 2. The highest BCUT2D eigenvalue weighted by molar-refractivity contribution is 7.92. The van der Waals surface area contributed by atoms with Gasteiger partial charge in [0, 0.05) is 25.6 Å². The third-order valence-corrected chi connectivity index (χ3v) is 8.45. The molecule has 0 spiro atoms. The van der Waals surface area contributed by atoms with Gasteiger partial charge in [-0.1, -0.05) is 37.5 Å². The van der Waals surface area contributed by atoms with E-state index in [0.29, 0.717) is 17.9 Å². The van der Waals surface area contributed by atoms with Crippen LogP contribution in [0.25, 0.3) is 0 Å². The molecule has 9 heteroatoms. The Balaban J connectivity index is 1.75. The standard InChI is InChI=1S/C30H43N3O5S/c1-22-17-23(2)19-27(18-22)33(39(5,36)37)16-10-15-29(34)32(21-25-11-9-14-28(20-25)38-4)24(3)30(35)31-26-12-7-6-8-13-26/h9,11,14,17-20,24,26H,6-8,10,12-13,15-16,21H2,1-5H3,(H,31,35)/t24-/m0/s1. The molecule has 214 valence electrons. The number of sulfonamides is 1. The number of hydrogen-bond donors (Lipinski definition) is 1. The van der Waals surface area contributed by atoms with E-state index in [2.05, 4.69) is 5.32 Å². The third kappa shape index (κ3) is 8.98. The number of ether oxygens (including phenoxy) is 1. The lowest BCUT2D eigenvalue weighted by atomic mass is 9.95. The Labute approximate surface area is 233 Å². The summed E-state index contributed by atoms with van der Waals surface area (Å²) in [6, 6.07) is 12.6. The molecule has 1 aliphatic rings. The number of anilines is 1. The summed E-state index contributed by atoms with van der Waals surface area (Å²) >= 11 is 0. The van der Waals surface area contributed by atoms with Crippen LogP contribution in [0.5, 0.6) is 5.75 Å². The lowest BCUT2D eigenvalue weighted by Crippen LogP contribution is -2.50. The summed E-state index contributed by atoms with van der Waals surface area (Å²) in [4.78, 5) is 28.4. The number of nitrogens with zero attached hydrogens (tertiary/aromatic N) is 2. The van der Waals surface area contributed by atoms with Crippen molar-refractivity contribution in [3.05, 3.63) is 59.2 Å². The summed E-state index contributed by atoms with van der Waals surface area (Å²) in [5.41, 5.74) is 3.39. The van der Waals surface area contributed by atoms with Crippen molar-refractivity contribution in [3.8, 4) is 5.75 Å². The molecule has 0 aliphatic heterocycles. The van der Waals surface area contributed by atoms with Crippen LogP contribution in [-0.2, 0) is 26.2 Å². The highest BCUT2D eigenvalue weighted by atomic mass is 32.2. The molecule has 1 fully saturated rings. The first-order valence-electron chi connectivity index (χ1n) is 13.8. The molecule has 2 amide bonds. The molecule has 2 aromatic rings. The summed E-state index contributed by atoms with van der Waals surface area (Å²) in [6.07, 6.45) is 6.93. The van der Waals surface area contributed by atoms with E-state index in [4.69, 9.17) is 4.74 Å². The number of carbonyl (C=O) groups excluding carboxylic acids is 2. The minimum Gasteiger partial charge on any atom is -0.497 e. The van der Waals surface area contributed by atoms with Gasteiger partial charge in [0.1, 0.15) is 11.8 Å². The van der Waals surface area contributed by atoms with E-state index < -0.39 is 16.1 Å². The van der Waals surface area contributed by atoms with Crippen molar-refractivity contribution >= 4 is 27.5 Å². The van der Waals surface area contributed by atoms with Crippen LogP contribution >= 0.6 is 0 Å². The highest BCUT2D eigenvalue weighted by Gasteiger charge is 2.28. The Bertz CT molecular complexity index is 1220. The van der Waals surface area contributed by atoms with Crippen LogP contribution in [0, 0.1) is 13.8 Å². The fraction of sp³-hybridized carbons (Fsp3) is 0.533. The number of benzene rings is 2. The van der Waals surface area contributed by atoms with Crippen LogP contribution in [-0.4, -0.2) is 57.1 Å². The minimum atomic E-state index is -3.54. The second kappa shape index (κ2) is 13.8. The molecule has 1 atom stereocenters. The van der Waals surface area contributed by atoms with Crippen molar-refractivity contribution < 1.29 is 22.7 Å². The molecule has 0 aromatic heterocycles. The first-order valence-corrected chi connectivity index (χ1v) is 15.6. The Morgan fingerprint density at radius 3 is 2.33 bits per heavy atom. The van der Waals surface area contributed by atoms with Gasteiger partial charge in [-0.15, -0.1) is 0 Å². The molecule has 39 heavy (non-hydrogen) atoms. The van der Waals surface area contributed by atoms with Crippen molar-refractivity contribution in [2.75, 3.05) is 24.2 Å². The second-order valence-corrected chi connectivity index (χ2v) is 12.6. The Hall–Kier alpha value is -3.07. The molecule has 0 unspecified atom stereocenters. The van der Waals surface area contributed by atoms with Crippen LogP contribution in [0.2, 0.25) is 0 Å². The predicted molar refractivity (Wildman–Crippen MR) is 155 cm³/mol. The number of nitrogens with one attached hydrogen (secondary N) is 1. The van der Waals surface area contributed by atoms with Gasteiger partial charge in [0.15, 0.2) is 0 Å². The van der Waals surface area contributed by atoms with Gasteiger partial charge in [0.25, 0.3) is 0 Å². The lowest BCUT2D eigenvalue weighted by Gasteiger charge is -2.31.